The zero-order valence-corrected chi connectivity index (χ0v) is 17.4. The van der Waals surface area contributed by atoms with Gasteiger partial charge in [-0.1, -0.05) is 30.3 Å². The van der Waals surface area contributed by atoms with Gasteiger partial charge in [-0.25, -0.2) is 0 Å². The highest BCUT2D eigenvalue weighted by Gasteiger charge is 2.50. The van der Waals surface area contributed by atoms with Crippen molar-refractivity contribution in [1.82, 2.24) is 4.98 Å². The van der Waals surface area contributed by atoms with E-state index in [-0.39, 0.29) is 19.4 Å². The number of hydrogen-bond donors (Lipinski definition) is 1. The molecular formula is C27H25NO3. The number of carbonyl (C=O) groups excluding carboxylic acids is 1. The fraction of sp³-hybridized carbons (Fsp3) is 0.222. The third-order valence-electron chi connectivity index (χ3n) is 6.74. The molecule has 0 unspecified atom stereocenters. The van der Waals surface area contributed by atoms with Crippen LogP contribution in [0.25, 0.3) is 22.0 Å². The van der Waals surface area contributed by atoms with Gasteiger partial charge in [0.25, 0.3) is 0 Å². The van der Waals surface area contributed by atoms with Gasteiger partial charge >= 0.3 is 0 Å². The number of Topliss-reactive ketones (excluding diaryl/α,β-unsaturated/α-hetero) is 1. The Hall–Kier alpha value is -3.53. The zero-order chi connectivity index (χ0) is 21.0. The van der Waals surface area contributed by atoms with Gasteiger partial charge in [-0.3, -0.25) is 4.79 Å². The van der Waals surface area contributed by atoms with Crippen LogP contribution in [0.5, 0.6) is 11.5 Å². The molecule has 6 rings (SSSR count). The zero-order valence-electron chi connectivity index (χ0n) is 17.4. The number of aryl methyl sites for hydroxylation is 1. The minimum absolute atomic E-state index is 0. The van der Waals surface area contributed by atoms with Crippen LogP contribution >= 0.6 is 0 Å². The number of hydrogen-bond acceptors (Lipinski definition) is 3. The number of ketones is 1. The summed E-state index contributed by atoms with van der Waals surface area (Å²) in [7, 11) is 0. The Balaban J connectivity index is 0.00000216. The summed E-state index contributed by atoms with van der Waals surface area (Å²) in [5.74, 6) is 1.78. The molecule has 1 aliphatic carbocycles. The Bertz CT molecular complexity index is 1340. The van der Waals surface area contributed by atoms with E-state index in [0.717, 1.165) is 41.0 Å². The normalized spacial score (nSPS) is 15.9. The van der Waals surface area contributed by atoms with Crippen molar-refractivity contribution in [2.24, 2.45) is 0 Å². The van der Waals surface area contributed by atoms with E-state index in [1.54, 1.807) is 0 Å². The molecule has 4 heteroatoms. The lowest BCUT2D eigenvalue weighted by molar-refractivity contribution is -0.120. The Morgan fingerprint density at radius 3 is 2.74 bits per heavy atom. The van der Waals surface area contributed by atoms with Crippen molar-refractivity contribution in [2.75, 3.05) is 6.79 Å². The first-order chi connectivity index (χ1) is 15.1. The summed E-state index contributed by atoms with van der Waals surface area (Å²) >= 11 is 0. The minimum atomic E-state index is -0.379. The number of fused-ring (bicyclic) bond motifs is 2. The summed E-state index contributed by atoms with van der Waals surface area (Å²) < 4.78 is 10.9. The molecule has 0 atom stereocenters. The molecule has 4 aromatic rings. The molecule has 2 heterocycles. The lowest BCUT2D eigenvalue weighted by atomic mass is 9.87. The molecule has 0 spiro atoms. The van der Waals surface area contributed by atoms with Gasteiger partial charge in [0.1, 0.15) is 5.78 Å². The Kier molecular flexibility index (Phi) is 3.97. The minimum Gasteiger partial charge on any atom is -0.454 e. The first-order valence-electron chi connectivity index (χ1n) is 10.7. The topological polar surface area (TPSA) is 51.3 Å². The second kappa shape index (κ2) is 6.74. The largest absolute Gasteiger partial charge is 0.454 e. The fourth-order valence-electron chi connectivity index (χ4n) is 4.71. The van der Waals surface area contributed by atoms with Crippen LogP contribution in [0.1, 0.15) is 31.0 Å². The van der Waals surface area contributed by atoms with Crippen LogP contribution in [0, 0.1) is 6.92 Å². The highest BCUT2D eigenvalue weighted by atomic mass is 16.7. The highest BCUT2D eigenvalue weighted by molar-refractivity contribution is 5.95. The molecule has 4 nitrogen and oxygen atoms in total. The van der Waals surface area contributed by atoms with E-state index in [1.807, 2.05) is 24.4 Å². The molecular weight excluding hydrogens is 386 g/mol. The van der Waals surface area contributed by atoms with Crippen LogP contribution in [-0.2, 0) is 16.6 Å². The van der Waals surface area contributed by atoms with E-state index in [0.29, 0.717) is 6.42 Å². The predicted molar refractivity (Wildman–Crippen MR) is 123 cm³/mol. The van der Waals surface area contributed by atoms with E-state index in [1.165, 1.54) is 22.1 Å². The van der Waals surface area contributed by atoms with Crippen molar-refractivity contribution in [3.8, 4) is 22.6 Å². The highest BCUT2D eigenvalue weighted by Crippen LogP contribution is 2.51. The summed E-state index contributed by atoms with van der Waals surface area (Å²) in [6.45, 7) is 2.37. The van der Waals surface area contributed by atoms with Crippen LogP contribution in [0.2, 0.25) is 0 Å². The molecule has 0 bridgehead atoms. The molecule has 1 N–H and O–H groups in total. The van der Waals surface area contributed by atoms with Crippen LogP contribution in [0.4, 0.5) is 0 Å². The molecule has 1 saturated carbocycles. The molecule has 0 radical (unpaired) electrons. The molecule has 1 aromatic heterocycles. The van der Waals surface area contributed by atoms with Crippen LogP contribution in [-0.4, -0.2) is 17.6 Å². The van der Waals surface area contributed by atoms with Gasteiger partial charge in [-0.05, 0) is 83.3 Å². The van der Waals surface area contributed by atoms with Gasteiger partial charge in [-0.2, -0.15) is 0 Å². The maximum atomic E-state index is 13.4. The summed E-state index contributed by atoms with van der Waals surface area (Å²) in [5, 5.41) is 1.19. The van der Waals surface area contributed by atoms with Gasteiger partial charge in [0.15, 0.2) is 11.5 Å². The molecule has 0 saturated heterocycles. The number of benzene rings is 3. The summed E-state index contributed by atoms with van der Waals surface area (Å²) in [6.07, 6.45) is 4.19. The number of H-pyrrole nitrogens is 1. The van der Waals surface area contributed by atoms with Crippen molar-refractivity contribution in [3.05, 3.63) is 83.6 Å². The third kappa shape index (κ3) is 3.02. The van der Waals surface area contributed by atoms with Crippen molar-refractivity contribution < 1.29 is 15.7 Å². The van der Waals surface area contributed by atoms with Gasteiger partial charge in [-0.15, -0.1) is 0 Å². The summed E-state index contributed by atoms with van der Waals surface area (Å²) in [5.41, 5.74) is 6.43. The van der Waals surface area contributed by atoms with Crippen LogP contribution in [0.3, 0.4) is 0 Å². The molecule has 1 aliphatic heterocycles. The lowest BCUT2D eigenvalue weighted by Gasteiger charge is -2.16. The molecule has 156 valence electrons. The van der Waals surface area contributed by atoms with Gasteiger partial charge < -0.3 is 14.5 Å². The average Bonchev–Trinajstić information content (AvgIpc) is 3.24. The van der Waals surface area contributed by atoms with Crippen molar-refractivity contribution in [3.63, 3.8) is 0 Å². The first kappa shape index (κ1) is 18.3. The van der Waals surface area contributed by atoms with Gasteiger partial charge in [0, 0.05) is 19.6 Å². The molecule has 2 aliphatic rings. The van der Waals surface area contributed by atoms with E-state index in [4.69, 9.17) is 9.47 Å². The number of aromatic nitrogens is 1. The smallest absolute Gasteiger partial charge is 0.231 e. The van der Waals surface area contributed by atoms with Crippen LogP contribution < -0.4 is 9.47 Å². The van der Waals surface area contributed by atoms with Crippen molar-refractivity contribution in [2.45, 2.75) is 31.6 Å². The lowest BCUT2D eigenvalue weighted by Crippen LogP contribution is -2.22. The number of aromatic amines is 1. The number of rotatable bonds is 5. The van der Waals surface area contributed by atoms with Gasteiger partial charge in [0.05, 0.1) is 5.41 Å². The molecule has 0 amide bonds. The first-order valence-corrected chi connectivity index (χ1v) is 10.7. The molecule has 1 fully saturated rings. The van der Waals surface area contributed by atoms with E-state index < -0.39 is 0 Å². The fourth-order valence-corrected chi connectivity index (χ4v) is 4.71. The monoisotopic (exact) mass is 411 g/mol. The number of carbonyl (C=O) groups is 1. The maximum Gasteiger partial charge on any atom is 0.231 e. The van der Waals surface area contributed by atoms with Crippen molar-refractivity contribution >= 4 is 16.7 Å². The molecule has 3 aromatic carbocycles. The summed E-state index contributed by atoms with van der Waals surface area (Å²) in [6, 6.07) is 20.9. The van der Waals surface area contributed by atoms with Crippen LogP contribution in [0.15, 0.2) is 66.9 Å². The standard InChI is InChI=1S/C27H23NO3.H2/c1-17-2-3-18(12-22(17)19-4-6-23-20(14-19)8-11-28-23)13-26(29)27(9-10-27)21-5-7-24-25(15-21)31-16-30-24;/h2-8,11-12,14-15,28H,9-10,13,16H2,1H3;1H. The second-order valence-corrected chi connectivity index (χ2v) is 8.68. The second-order valence-electron chi connectivity index (χ2n) is 8.68. The quantitative estimate of drug-likeness (QED) is 0.441. The number of ether oxygens (including phenoxy) is 2. The summed E-state index contributed by atoms with van der Waals surface area (Å²) in [4.78, 5) is 16.6. The van der Waals surface area contributed by atoms with E-state index in [9.17, 15) is 4.79 Å². The average molecular weight is 412 g/mol. The number of nitrogens with one attached hydrogen (secondary N) is 1. The predicted octanol–water partition coefficient (Wildman–Crippen LogP) is 5.96. The Morgan fingerprint density at radius 2 is 1.87 bits per heavy atom. The SMILES string of the molecule is Cc1ccc(CC(=O)C2(c3ccc4c(c3)OCO4)CC2)cc1-c1ccc2[nH]ccc2c1.[HH]. The maximum absolute atomic E-state index is 13.4. The Labute approximate surface area is 182 Å². The van der Waals surface area contributed by atoms with Gasteiger partial charge in [0.2, 0.25) is 6.79 Å². The van der Waals surface area contributed by atoms with E-state index >= 15 is 0 Å². The third-order valence-corrected chi connectivity index (χ3v) is 6.74. The van der Waals surface area contributed by atoms with Crippen molar-refractivity contribution in [1.29, 1.82) is 0 Å². The molecule has 31 heavy (non-hydrogen) atoms. The Morgan fingerprint density at radius 1 is 1.00 bits per heavy atom. The van der Waals surface area contributed by atoms with E-state index in [2.05, 4.69) is 54.4 Å².